The molecule has 2 aromatic rings. The summed E-state index contributed by atoms with van der Waals surface area (Å²) in [6.45, 7) is 8.95. The number of amides is 1. The molecule has 0 aromatic heterocycles. The Bertz CT molecular complexity index is 838. The van der Waals surface area contributed by atoms with E-state index in [0.29, 0.717) is 19.6 Å². The van der Waals surface area contributed by atoms with Crippen molar-refractivity contribution in [3.05, 3.63) is 59.7 Å². The van der Waals surface area contributed by atoms with Crippen LogP contribution in [0.15, 0.2) is 48.5 Å². The van der Waals surface area contributed by atoms with Crippen LogP contribution in [0, 0.1) is 12.3 Å². The van der Waals surface area contributed by atoms with Gasteiger partial charge in [-0.05, 0) is 32.0 Å². The van der Waals surface area contributed by atoms with Crippen LogP contribution in [-0.4, -0.2) is 24.2 Å². The van der Waals surface area contributed by atoms with Crippen molar-refractivity contribution >= 4 is 18.3 Å². The molecule has 0 spiro atoms. The minimum Gasteiger partial charge on any atom is -0.457 e. The van der Waals surface area contributed by atoms with E-state index in [1.807, 2.05) is 76.2 Å². The van der Waals surface area contributed by atoms with Crippen LogP contribution in [0.3, 0.4) is 0 Å². The molecular formula is C23H31ClN2O3. The normalized spacial score (nSPS) is 22.2. The molecule has 3 N–H and O–H groups in total. The molecule has 29 heavy (non-hydrogen) atoms. The minimum absolute atomic E-state index is 0. The van der Waals surface area contributed by atoms with E-state index < -0.39 is 11.0 Å². The first-order chi connectivity index (χ1) is 13.3. The monoisotopic (exact) mass is 418 g/mol. The van der Waals surface area contributed by atoms with Gasteiger partial charge in [0.2, 0.25) is 5.91 Å². The molecule has 2 unspecified atom stereocenters. The van der Waals surface area contributed by atoms with Gasteiger partial charge in [0.05, 0.1) is 6.10 Å². The Morgan fingerprint density at radius 3 is 2.45 bits per heavy atom. The Kier molecular flexibility index (Phi) is 7.33. The van der Waals surface area contributed by atoms with E-state index in [1.165, 1.54) is 5.56 Å². The lowest BCUT2D eigenvalue weighted by molar-refractivity contribution is -0.170. The molecule has 6 heteroatoms. The third-order valence-corrected chi connectivity index (χ3v) is 5.90. The molecule has 0 radical (unpaired) electrons. The second kappa shape index (κ2) is 9.16. The van der Waals surface area contributed by atoms with Gasteiger partial charge < -0.3 is 20.5 Å². The van der Waals surface area contributed by atoms with Crippen LogP contribution in [0.4, 0.5) is 0 Å². The third-order valence-electron chi connectivity index (χ3n) is 5.90. The van der Waals surface area contributed by atoms with Crippen LogP contribution in [0.5, 0.6) is 11.5 Å². The Morgan fingerprint density at radius 1 is 1.17 bits per heavy atom. The molecule has 0 heterocycles. The maximum Gasteiger partial charge on any atom is 0.241 e. The van der Waals surface area contributed by atoms with Crippen molar-refractivity contribution in [1.82, 2.24) is 5.32 Å². The van der Waals surface area contributed by atoms with E-state index >= 15 is 0 Å². The molecule has 3 rings (SSSR count). The van der Waals surface area contributed by atoms with Crippen LogP contribution in [-0.2, 0) is 16.1 Å². The van der Waals surface area contributed by atoms with Gasteiger partial charge in [-0.2, -0.15) is 0 Å². The van der Waals surface area contributed by atoms with Crippen molar-refractivity contribution in [2.45, 2.75) is 52.3 Å². The largest absolute Gasteiger partial charge is 0.457 e. The third kappa shape index (κ3) is 4.58. The van der Waals surface area contributed by atoms with Crippen molar-refractivity contribution in [1.29, 1.82) is 0 Å². The minimum atomic E-state index is -0.931. The summed E-state index contributed by atoms with van der Waals surface area (Å²) in [6.07, 6.45) is 0.534. The highest BCUT2D eigenvalue weighted by molar-refractivity contribution is 5.88. The zero-order valence-corrected chi connectivity index (χ0v) is 18.3. The van der Waals surface area contributed by atoms with E-state index in [2.05, 4.69) is 5.32 Å². The predicted octanol–water partition coefficient (Wildman–Crippen LogP) is 4.36. The Labute approximate surface area is 179 Å². The molecule has 1 saturated carbocycles. The highest BCUT2D eigenvalue weighted by Gasteiger charge is 2.62. The lowest BCUT2D eigenvalue weighted by Gasteiger charge is -2.57. The van der Waals surface area contributed by atoms with E-state index in [9.17, 15) is 4.79 Å². The average molecular weight is 419 g/mol. The molecule has 1 fully saturated rings. The van der Waals surface area contributed by atoms with Crippen LogP contribution in [0.1, 0.15) is 38.3 Å². The van der Waals surface area contributed by atoms with E-state index in [0.717, 1.165) is 17.1 Å². The van der Waals surface area contributed by atoms with Crippen LogP contribution in [0.2, 0.25) is 0 Å². The Hall–Kier alpha value is -2.08. The number of carbonyl (C=O) groups excluding carboxylic acids is 1. The summed E-state index contributed by atoms with van der Waals surface area (Å²) in [7, 11) is 0. The summed E-state index contributed by atoms with van der Waals surface area (Å²) in [6, 6.07) is 15.6. The highest BCUT2D eigenvalue weighted by Crippen LogP contribution is 2.49. The maximum atomic E-state index is 12.9. The van der Waals surface area contributed by atoms with Gasteiger partial charge in [0.1, 0.15) is 17.0 Å². The average Bonchev–Trinajstić information content (AvgIpc) is 2.68. The van der Waals surface area contributed by atoms with Gasteiger partial charge in [-0.1, -0.05) is 49.7 Å². The van der Waals surface area contributed by atoms with Crippen molar-refractivity contribution in [2.75, 3.05) is 6.61 Å². The number of benzene rings is 2. The summed E-state index contributed by atoms with van der Waals surface area (Å²) >= 11 is 0. The van der Waals surface area contributed by atoms with Gasteiger partial charge in [-0.15, -0.1) is 12.4 Å². The lowest BCUT2D eigenvalue weighted by atomic mass is 9.54. The molecule has 2 atom stereocenters. The number of nitrogens with two attached hydrogens (primary N) is 1. The second-order valence-corrected chi connectivity index (χ2v) is 8.05. The fraction of sp³-hybridized carbons (Fsp3) is 0.435. The number of nitrogens with one attached hydrogen (secondary N) is 1. The molecule has 1 aliphatic carbocycles. The van der Waals surface area contributed by atoms with Gasteiger partial charge in [0.15, 0.2) is 0 Å². The summed E-state index contributed by atoms with van der Waals surface area (Å²) in [5, 5.41) is 3.00. The van der Waals surface area contributed by atoms with Gasteiger partial charge >= 0.3 is 0 Å². The topological polar surface area (TPSA) is 73.6 Å². The van der Waals surface area contributed by atoms with Gasteiger partial charge in [-0.3, -0.25) is 4.79 Å². The molecule has 1 aliphatic rings. The van der Waals surface area contributed by atoms with E-state index in [-0.39, 0.29) is 24.4 Å². The number of para-hydroxylation sites is 1. The molecule has 2 aromatic carbocycles. The fourth-order valence-corrected chi connectivity index (χ4v) is 3.64. The second-order valence-electron chi connectivity index (χ2n) is 8.05. The van der Waals surface area contributed by atoms with Gasteiger partial charge in [0.25, 0.3) is 0 Å². The number of hydrogen-bond acceptors (Lipinski definition) is 4. The molecule has 0 saturated heterocycles. The molecule has 0 aliphatic heterocycles. The lowest BCUT2D eigenvalue weighted by Crippen LogP contribution is -2.75. The molecule has 158 valence electrons. The fourth-order valence-electron chi connectivity index (χ4n) is 3.64. The quantitative estimate of drug-likeness (QED) is 0.700. The predicted molar refractivity (Wildman–Crippen MR) is 118 cm³/mol. The number of aryl methyl sites for hydroxylation is 1. The van der Waals surface area contributed by atoms with Crippen molar-refractivity contribution in [3.8, 4) is 11.5 Å². The zero-order valence-electron chi connectivity index (χ0n) is 17.5. The molecule has 5 nitrogen and oxygen atoms in total. The Balaban J connectivity index is 0.00000300. The molecule has 1 amide bonds. The summed E-state index contributed by atoms with van der Waals surface area (Å²) in [4.78, 5) is 12.9. The maximum absolute atomic E-state index is 12.9. The number of halogens is 1. The summed E-state index contributed by atoms with van der Waals surface area (Å²) < 4.78 is 11.7. The van der Waals surface area contributed by atoms with E-state index in [4.69, 9.17) is 15.2 Å². The summed E-state index contributed by atoms with van der Waals surface area (Å²) in [5.74, 6) is 1.33. The standard InChI is InChI=1S/C23H30N2O3.ClH/c1-5-27-20-14-23(24,22(20,3)4)21(26)25-15-17-8-6-7-9-19(17)28-18-12-10-16(2)11-13-18;/h6-13,20H,5,14-15,24H2,1-4H3,(H,25,26);1H. The number of hydrogen-bond donors (Lipinski definition) is 2. The highest BCUT2D eigenvalue weighted by atomic mass is 35.5. The van der Waals surface area contributed by atoms with Gasteiger partial charge in [-0.25, -0.2) is 0 Å². The first kappa shape index (κ1) is 23.2. The number of rotatable bonds is 7. The molecule has 0 bridgehead atoms. The SMILES string of the molecule is CCOC1CC(N)(C(=O)NCc2ccccc2Oc2ccc(C)cc2)C1(C)C.Cl. The van der Waals surface area contributed by atoms with Crippen LogP contribution < -0.4 is 15.8 Å². The zero-order chi connectivity index (χ0) is 20.4. The first-order valence-corrected chi connectivity index (χ1v) is 9.79. The van der Waals surface area contributed by atoms with Crippen molar-refractivity contribution in [3.63, 3.8) is 0 Å². The summed E-state index contributed by atoms with van der Waals surface area (Å²) in [5.41, 5.74) is 7.20. The number of carbonyl (C=O) groups is 1. The smallest absolute Gasteiger partial charge is 0.241 e. The van der Waals surface area contributed by atoms with Gasteiger partial charge in [0, 0.05) is 30.6 Å². The van der Waals surface area contributed by atoms with Crippen molar-refractivity contribution in [2.24, 2.45) is 11.1 Å². The number of ether oxygens (including phenoxy) is 2. The van der Waals surface area contributed by atoms with Crippen molar-refractivity contribution < 1.29 is 14.3 Å². The van der Waals surface area contributed by atoms with Crippen LogP contribution in [0.25, 0.3) is 0 Å². The first-order valence-electron chi connectivity index (χ1n) is 9.79. The van der Waals surface area contributed by atoms with Crippen LogP contribution >= 0.6 is 12.4 Å². The Morgan fingerprint density at radius 2 is 1.83 bits per heavy atom. The van der Waals surface area contributed by atoms with E-state index in [1.54, 1.807) is 0 Å². The molecular weight excluding hydrogens is 388 g/mol.